The first-order valence-electron chi connectivity index (χ1n) is 5.39. The van der Waals surface area contributed by atoms with Gasteiger partial charge in [0.2, 0.25) is 5.91 Å². The normalized spacial score (nSPS) is 11.6. The smallest absolute Gasteiger partial charge is 0.362 e. The van der Waals surface area contributed by atoms with Gasteiger partial charge in [-0.15, -0.1) is 11.6 Å². The molecule has 0 aromatic rings. The predicted molar refractivity (Wildman–Crippen MR) is 59.1 cm³/mol. The van der Waals surface area contributed by atoms with Gasteiger partial charge in [-0.2, -0.15) is 13.2 Å². The molecule has 0 radical (unpaired) electrons. The molecule has 0 bridgehead atoms. The summed E-state index contributed by atoms with van der Waals surface area (Å²) in [5.41, 5.74) is 0. The first-order chi connectivity index (χ1) is 7.90. The van der Waals surface area contributed by atoms with Crippen molar-refractivity contribution in [2.45, 2.75) is 25.9 Å². The molecule has 102 valence electrons. The number of rotatable bonds is 8. The average molecular weight is 276 g/mol. The summed E-state index contributed by atoms with van der Waals surface area (Å²) < 4.78 is 39.7. The summed E-state index contributed by atoms with van der Waals surface area (Å²) in [7, 11) is 0. The lowest BCUT2D eigenvalue weighted by Gasteiger charge is -2.21. The molecule has 0 aliphatic heterocycles. The number of halogens is 4. The van der Waals surface area contributed by atoms with Crippen LogP contribution in [0.15, 0.2) is 0 Å². The zero-order valence-corrected chi connectivity index (χ0v) is 10.5. The molecule has 0 aliphatic rings. The van der Waals surface area contributed by atoms with E-state index in [0.29, 0.717) is 13.1 Å². The van der Waals surface area contributed by atoms with Crippen molar-refractivity contribution in [3.63, 3.8) is 0 Å². The van der Waals surface area contributed by atoms with Crippen LogP contribution in [-0.2, 0) is 9.53 Å². The summed E-state index contributed by atoms with van der Waals surface area (Å²) in [6.45, 7) is 0.831. The Kier molecular flexibility index (Phi) is 8.33. The summed E-state index contributed by atoms with van der Waals surface area (Å²) >= 11 is 5.51. The van der Waals surface area contributed by atoms with Gasteiger partial charge in [-0.25, -0.2) is 0 Å². The number of amides is 1. The Bertz CT molecular complexity index is 224. The second-order valence-electron chi connectivity index (χ2n) is 3.53. The Hall–Kier alpha value is -0.490. The highest BCUT2D eigenvalue weighted by atomic mass is 35.5. The van der Waals surface area contributed by atoms with E-state index in [0.717, 1.165) is 12.8 Å². The quantitative estimate of drug-likeness (QED) is 0.637. The van der Waals surface area contributed by atoms with Gasteiger partial charge in [0.15, 0.2) is 0 Å². The van der Waals surface area contributed by atoms with Gasteiger partial charge in [-0.3, -0.25) is 4.79 Å². The molecular weight excluding hydrogens is 259 g/mol. The van der Waals surface area contributed by atoms with E-state index in [-0.39, 0.29) is 5.88 Å². The topological polar surface area (TPSA) is 29.5 Å². The molecule has 0 atom stereocenters. The van der Waals surface area contributed by atoms with Gasteiger partial charge in [0.05, 0.1) is 0 Å². The van der Waals surface area contributed by atoms with Crippen LogP contribution in [0, 0.1) is 0 Å². The largest absolute Gasteiger partial charge is 0.411 e. The number of carbonyl (C=O) groups excluding carboxylic acids is 1. The van der Waals surface area contributed by atoms with Gasteiger partial charge < -0.3 is 9.64 Å². The van der Waals surface area contributed by atoms with Crippen LogP contribution in [0.2, 0.25) is 0 Å². The van der Waals surface area contributed by atoms with Crippen molar-refractivity contribution in [2.24, 2.45) is 0 Å². The molecule has 0 N–H and O–H groups in total. The lowest BCUT2D eigenvalue weighted by atomic mass is 10.3. The van der Waals surface area contributed by atoms with Crippen LogP contribution in [-0.4, -0.2) is 49.2 Å². The minimum absolute atomic E-state index is 0.259. The molecule has 0 rings (SSSR count). The van der Waals surface area contributed by atoms with Gasteiger partial charge in [-0.05, 0) is 6.42 Å². The molecule has 7 heteroatoms. The second-order valence-corrected chi connectivity index (χ2v) is 3.91. The van der Waals surface area contributed by atoms with Crippen LogP contribution in [0.1, 0.15) is 19.8 Å². The minimum atomic E-state index is -4.40. The van der Waals surface area contributed by atoms with Crippen molar-refractivity contribution < 1.29 is 22.7 Å². The molecule has 0 saturated heterocycles. The molecule has 0 unspecified atom stereocenters. The summed E-state index contributed by atoms with van der Waals surface area (Å²) in [5.74, 6) is -0.197. The van der Waals surface area contributed by atoms with Gasteiger partial charge >= 0.3 is 6.18 Å². The number of carbonyl (C=O) groups is 1. The molecule has 0 fully saturated rings. The molecule has 0 spiro atoms. The molecule has 0 aromatic carbocycles. The van der Waals surface area contributed by atoms with Crippen molar-refractivity contribution >= 4 is 17.5 Å². The van der Waals surface area contributed by atoms with Crippen LogP contribution in [0.25, 0.3) is 0 Å². The second kappa shape index (κ2) is 8.58. The fourth-order valence-corrected chi connectivity index (χ4v) is 1.36. The lowest BCUT2D eigenvalue weighted by molar-refractivity contribution is -0.177. The number of hydrogen-bond donors (Lipinski definition) is 0. The monoisotopic (exact) mass is 275 g/mol. The van der Waals surface area contributed by atoms with Crippen molar-refractivity contribution in [1.29, 1.82) is 0 Å². The number of nitrogens with zero attached hydrogens (tertiary/aromatic N) is 1. The third kappa shape index (κ3) is 9.23. The van der Waals surface area contributed by atoms with Crippen LogP contribution < -0.4 is 0 Å². The fraction of sp³-hybridized carbons (Fsp3) is 0.900. The highest BCUT2D eigenvalue weighted by Gasteiger charge is 2.28. The third-order valence-corrected chi connectivity index (χ3v) is 2.15. The van der Waals surface area contributed by atoms with E-state index in [1.807, 2.05) is 6.92 Å². The van der Waals surface area contributed by atoms with Gasteiger partial charge in [0, 0.05) is 19.0 Å². The van der Waals surface area contributed by atoms with E-state index < -0.39 is 25.3 Å². The third-order valence-electron chi connectivity index (χ3n) is 1.98. The van der Waals surface area contributed by atoms with E-state index in [1.54, 1.807) is 0 Å². The van der Waals surface area contributed by atoms with Gasteiger partial charge in [-0.1, -0.05) is 13.3 Å². The van der Waals surface area contributed by atoms with E-state index in [9.17, 15) is 18.0 Å². The Balaban J connectivity index is 3.96. The fourth-order valence-electron chi connectivity index (χ4n) is 1.16. The van der Waals surface area contributed by atoms with E-state index in [4.69, 9.17) is 11.6 Å². The highest BCUT2D eigenvalue weighted by molar-refractivity contribution is 6.18. The SMILES string of the molecule is CCCCN(CCCl)C(=O)COCC(F)(F)F. The summed E-state index contributed by atoms with van der Waals surface area (Å²) in [6, 6.07) is 0. The number of hydrogen-bond acceptors (Lipinski definition) is 2. The van der Waals surface area contributed by atoms with E-state index in [1.165, 1.54) is 4.90 Å². The molecule has 0 heterocycles. The Morgan fingerprint density at radius 3 is 2.47 bits per heavy atom. The number of ether oxygens (including phenoxy) is 1. The summed E-state index contributed by atoms with van der Waals surface area (Å²) in [5, 5.41) is 0. The van der Waals surface area contributed by atoms with E-state index >= 15 is 0 Å². The number of alkyl halides is 4. The van der Waals surface area contributed by atoms with Crippen molar-refractivity contribution in [1.82, 2.24) is 4.90 Å². The molecule has 17 heavy (non-hydrogen) atoms. The average Bonchev–Trinajstić information content (AvgIpc) is 2.22. The first kappa shape index (κ1) is 16.5. The van der Waals surface area contributed by atoms with Crippen molar-refractivity contribution in [3.05, 3.63) is 0 Å². The summed E-state index contributed by atoms with van der Waals surface area (Å²) in [6.07, 6.45) is -2.71. The maximum atomic E-state index is 11.8. The van der Waals surface area contributed by atoms with Crippen LogP contribution in [0.3, 0.4) is 0 Å². The predicted octanol–water partition coefficient (Wildman–Crippen LogP) is 2.43. The molecule has 0 saturated carbocycles. The Morgan fingerprint density at radius 1 is 1.35 bits per heavy atom. The van der Waals surface area contributed by atoms with Crippen LogP contribution in [0.5, 0.6) is 0 Å². The lowest BCUT2D eigenvalue weighted by Crippen LogP contribution is -2.37. The maximum absolute atomic E-state index is 11.8. The Morgan fingerprint density at radius 2 is 2.00 bits per heavy atom. The first-order valence-corrected chi connectivity index (χ1v) is 5.92. The molecule has 3 nitrogen and oxygen atoms in total. The minimum Gasteiger partial charge on any atom is -0.362 e. The zero-order chi connectivity index (χ0) is 13.3. The number of unbranched alkanes of at least 4 members (excludes halogenated alkanes) is 1. The van der Waals surface area contributed by atoms with E-state index in [2.05, 4.69) is 4.74 Å². The van der Waals surface area contributed by atoms with Crippen LogP contribution >= 0.6 is 11.6 Å². The van der Waals surface area contributed by atoms with Crippen molar-refractivity contribution in [2.75, 3.05) is 32.2 Å². The molecule has 1 amide bonds. The zero-order valence-electron chi connectivity index (χ0n) is 9.73. The molecule has 0 aliphatic carbocycles. The van der Waals surface area contributed by atoms with Crippen molar-refractivity contribution in [3.8, 4) is 0 Å². The highest BCUT2D eigenvalue weighted by Crippen LogP contribution is 2.14. The maximum Gasteiger partial charge on any atom is 0.411 e. The standard InChI is InChI=1S/C10H17ClF3NO2/c1-2-3-5-15(6-4-11)9(16)7-17-8-10(12,13)14/h2-8H2,1H3. The molecule has 0 aromatic heterocycles. The molecular formula is C10H17ClF3NO2. The summed E-state index contributed by atoms with van der Waals surface area (Å²) in [4.78, 5) is 12.9. The van der Waals surface area contributed by atoms with Crippen LogP contribution in [0.4, 0.5) is 13.2 Å². The Labute approximate surface area is 104 Å². The van der Waals surface area contributed by atoms with Gasteiger partial charge in [0.1, 0.15) is 13.2 Å². The van der Waals surface area contributed by atoms with Gasteiger partial charge in [0.25, 0.3) is 0 Å².